The van der Waals surface area contributed by atoms with Gasteiger partial charge in [0.15, 0.2) is 0 Å². The van der Waals surface area contributed by atoms with E-state index in [-0.39, 0.29) is 5.92 Å². The molecule has 96 valence electrons. The van der Waals surface area contributed by atoms with E-state index < -0.39 is 0 Å². The molecule has 0 amide bonds. The van der Waals surface area contributed by atoms with Crippen LogP contribution in [0.25, 0.3) is 11.3 Å². The molecule has 0 fully saturated rings. The molecule has 0 saturated carbocycles. The zero-order valence-corrected chi connectivity index (χ0v) is 12.2. The van der Waals surface area contributed by atoms with Crippen molar-refractivity contribution in [3.05, 3.63) is 40.8 Å². The molecule has 0 aliphatic rings. The van der Waals surface area contributed by atoms with Crippen molar-refractivity contribution in [1.82, 2.24) is 9.97 Å². The van der Waals surface area contributed by atoms with Gasteiger partial charge in [0.1, 0.15) is 5.82 Å². The number of hydrogen-bond acceptors (Lipinski definition) is 2. The minimum atomic E-state index is 0.279. The minimum Gasteiger partial charge on any atom is -0.342 e. The molecule has 3 N–H and O–H groups in total. The van der Waals surface area contributed by atoms with Gasteiger partial charge >= 0.3 is 0 Å². The fourth-order valence-corrected chi connectivity index (χ4v) is 2.54. The summed E-state index contributed by atoms with van der Waals surface area (Å²) in [7, 11) is 0. The summed E-state index contributed by atoms with van der Waals surface area (Å²) in [5.74, 6) is 1.73. The van der Waals surface area contributed by atoms with E-state index in [2.05, 4.69) is 45.8 Å². The van der Waals surface area contributed by atoms with E-state index in [1.54, 1.807) is 0 Å². The molecule has 0 radical (unpaired) electrons. The lowest BCUT2D eigenvalue weighted by Crippen LogP contribution is -2.19. The second-order valence-electron chi connectivity index (χ2n) is 4.75. The second-order valence-corrected chi connectivity index (χ2v) is 5.60. The van der Waals surface area contributed by atoms with Gasteiger partial charge < -0.3 is 10.7 Å². The lowest BCUT2D eigenvalue weighted by Gasteiger charge is -2.15. The average molecular weight is 308 g/mol. The van der Waals surface area contributed by atoms with Crippen molar-refractivity contribution < 1.29 is 0 Å². The Kier molecular flexibility index (Phi) is 4.19. The lowest BCUT2D eigenvalue weighted by molar-refractivity contribution is 0.487. The summed E-state index contributed by atoms with van der Waals surface area (Å²) in [5.41, 5.74) is 7.96. The van der Waals surface area contributed by atoms with Crippen LogP contribution < -0.4 is 5.73 Å². The number of H-pyrrole nitrogens is 1. The number of nitrogens with zero attached hydrogens (tertiary/aromatic N) is 1. The molecule has 2 aromatic rings. The first-order valence-corrected chi connectivity index (χ1v) is 6.92. The quantitative estimate of drug-likeness (QED) is 0.907. The maximum atomic E-state index is 5.81. The number of hydrogen-bond donors (Lipinski definition) is 2. The number of rotatable bonds is 4. The van der Waals surface area contributed by atoms with Crippen LogP contribution in [0.5, 0.6) is 0 Å². The van der Waals surface area contributed by atoms with Gasteiger partial charge in [-0.2, -0.15) is 0 Å². The fraction of sp³-hybridized carbons (Fsp3) is 0.357. The molecule has 0 saturated heterocycles. The van der Waals surface area contributed by atoms with E-state index in [1.165, 1.54) is 0 Å². The number of halogens is 1. The summed E-state index contributed by atoms with van der Waals surface area (Å²) < 4.78 is 1.06. The van der Waals surface area contributed by atoms with Gasteiger partial charge in [-0.15, -0.1) is 0 Å². The average Bonchev–Trinajstić information content (AvgIpc) is 2.79. The summed E-state index contributed by atoms with van der Waals surface area (Å²) in [6, 6.07) is 8.11. The Hall–Kier alpha value is -1.13. The number of nitrogens with one attached hydrogen (secondary N) is 1. The first-order valence-electron chi connectivity index (χ1n) is 6.13. The van der Waals surface area contributed by atoms with E-state index in [1.807, 2.05) is 24.4 Å². The Labute approximate surface area is 116 Å². The summed E-state index contributed by atoms with van der Waals surface area (Å²) >= 11 is 3.55. The number of imidazole rings is 1. The maximum Gasteiger partial charge on any atom is 0.111 e. The molecule has 0 aliphatic carbocycles. The second kappa shape index (κ2) is 5.67. The zero-order valence-electron chi connectivity index (χ0n) is 10.7. The molecular formula is C14H18BrN3. The van der Waals surface area contributed by atoms with Crippen molar-refractivity contribution >= 4 is 15.9 Å². The highest BCUT2D eigenvalue weighted by molar-refractivity contribution is 9.10. The molecule has 0 bridgehead atoms. The van der Waals surface area contributed by atoms with Crippen LogP contribution in [0, 0.1) is 5.92 Å². The van der Waals surface area contributed by atoms with Crippen molar-refractivity contribution in [2.75, 3.05) is 6.54 Å². The van der Waals surface area contributed by atoms with E-state index in [0.717, 1.165) is 21.6 Å². The SMILES string of the molecule is CC(C)C(CN)c1ncc(-c2ccccc2Br)[nH]1. The lowest BCUT2D eigenvalue weighted by atomic mass is 9.95. The molecule has 3 nitrogen and oxygen atoms in total. The number of nitrogens with two attached hydrogens (primary N) is 1. The molecular weight excluding hydrogens is 290 g/mol. The van der Waals surface area contributed by atoms with Gasteiger partial charge in [-0.3, -0.25) is 0 Å². The Balaban J connectivity index is 2.34. The normalized spacial score (nSPS) is 12.9. The Morgan fingerprint density at radius 2 is 2.06 bits per heavy atom. The molecule has 1 heterocycles. The molecule has 4 heteroatoms. The van der Waals surface area contributed by atoms with Crippen molar-refractivity contribution in [2.45, 2.75) is 19.8 Å². The van der Waals surface area contributed by atoms with E-state index in [0.29, 0.717) is 12.5 Å². The van der Waals surface area contributed by atoms with Crippen LogP contribution in [0.15, 0.2) is 34.9 Å². The fourth-order valence-electron chi connectivity index (χ4n) is 2.04. The summed E-state index contributed by atoms with van der Waals surface area (Å²) in [4.78, 5) is 7.85. The molecule has 2 rings (SSSR count). The minimum absolute atomic E-state index is 0.279. The topological polar surface area (TPSA) is 54.7 Å². The highest BCUT2D eigenvalue weighted by Crippen LogP contribution is 2.28. The highest BCUT2D eigenvalue weighted by atomic mass is 79.9. The predicted octanol–water partition coefficient (Wildman–Crippen LogP) is 3.54. The zero-order chi connectivity index (χ0) is 13.1. The van der Waals surface area contributed by atoms with Gasteiger partial charge in [-0.05, 0) is 12.0 Å². The van der Waals surface area contributed by atoms with E-state index >= 15 is 0 Å². The molecule has 1 atom stereocenters. The van der Waals surface area contributed by atoms with Crippen LogP contribution in [0.2, 0.25) is 0 Å². The van der Waals surface area contributed by atoms with Crippen molar-refractivity contribution in [2.24, 2.45) is 11.7 Å². The Morgan fingerprint density at radius 1 is 1.33 bits per heavy atom. The summed E-state index contributed by atoms with van der Waals surface area (Å²) in [6.07, 6.45) is 1.88. The van der Waals surface area contributed by atoms with Gasteiger partial charge in [-0.25, -0.2) is 4.98 Å². The van der Waals surface area contributed by atoms with Crippen LogP contribution in [0.3, 0.4) is 0 Å². The molecule has 0 aliphatic heterocycles. The van der Waals surface area contributed by atoms with Gasteiger partial charge in [0.25, 0.3) is 0 Å². The number of aromatic amines is 1. The first kappa shape index (κ1) is 13.3. The van der Waals surface area contributed by atoms with Gasteiger partial charge in [-0.1, -0.05) is 48.0 Å². The summed E-state index contributed by atoms with van der Waals surface area (Å²) in [6.45, 7) is 4.94. The van der Waals surface area contributed by atoms with Gasteiger partial charge in [0.2, 0.25) is 0 Å². The third kappa shape index (κ3) is 2.65. The van der Waals surface area contributed by atoms with Crippen LogP contribution in [-0.2, 0) is 0 Å². The third-order valence-electron chi connectivity index (χ3n) is 3.17. The van der Waals surface area contributed by atoms with Crippen LogP contribution in [-0.4, -0.2) is 16.5 Å². The van der Waals surface area contributed by atoms with Crippen LogP contribution in [0.1, 0.15) is 25.6 Å². The van der Waals surface area contributed by atoms with Crippen molar-refractivity contribution in [3.63, 3.8) is 0 Å². The monoisotopic (exact) mass is 307 g/mol. The predicted molar refractivity (Wildman–Crippen MR) is 78.4 cm³/mol. The molecule has 1 aromatic heterocycles. The molecule has 18 heavy (non-hydrogen) atoms. The number of benzene rings is 1. The van der Waals surface area contributed by atoms with Crippen LogP contribution >= 0.6 is 15.9 Å². The maximum absolute atomic E-state index is 5.81. The van der Waals surface area contributed by atoms with Crippen LogP contribution in [0.4, 0.5) is 0 Å². The third-order valence-corrected chi connectivity index (χ3v) is 3.86. The first-order chi connectivity index (χ1) is 8.63. The molecule has 0 spiro atoms. The van der Waals surface area contributed by atoms with Crippen molar-refractivity contribution in [1.29, 1.82) is 0 Å². The highest BCUT2D eigenvalue weighted by Gasteiger charge is 2.18. The smallest absolute Gasteiger partial charge is 0.111 e. The van der Waals surface area contributed by atoms with Gasteiger partial charge in [0.05, 0.1) is 11.9 Å². The Morgan fingerprint density at radius 3 is 2.67 bits per heavy atom. The largest absolute Gasteiger partial charge is 0.342 e. The molecule has 1 unspecified atom stereocenters. The Bertz CT molecular complexity index is 519. The van der Waals surface area contributed by atoms with Crippen molar-refractivity contribution in [3.8, 4) is 11.3 Å². The molecule has 1 aromatic carbocycles. The standard InChI is InChI=1S/C14H18BrN3/c1-9(2)11(7-16)14-17-8-13(18-14)10-5-3-4-6-12(10)15/h3-6,8-9,11H,7,16H2,1-2H3,(H,17,18). The van der Waals surface area contributed by atoms with E-state index in [4.69, 9.17) is 5.73 Å². The number of aromatic nitrogens is 2. The van der Waals surface area contributed by atoms with Gasteiger partial charge in [0, 0.05) is 22.5 Å². The summed E-state index contributed by atoms with van der Waals surface area (Å²) in [5, 5.41) is 0. The van der Waals surface area contributed by atoms with E-state index in [9.17, 15) is 0 Å².